The van der Waals surface area contributed by atoms with Crippen molar-refractivity contribution in [2.45, 2.75) is 46.1 Å². The van der Waals surface area contributed by atoms with Gasteiger partial charge in [0.1, 0.15) is 5.75 Å². The van der Waals surface area contributed by atoms with Crippen molar-refractivity contribution in [3.8, 4) is 5.75 Å². The second-order valence-corrected chi connectivity index (χ2v) is 5.79. The minimum atomic E-state index is 0.556. The zero-order valence-corrected chi connectivity index (χ0v) is 13.3. The Morgan fingerprint density at radius 2 is 2.05 bits per heavy atom. The van der Waals surface area contributed by atoms with Crippen molar-refractivity contribution in [2.24, 2.45) is 5.92 Å². The van der Waals surface area contributed by atoms with Crippen molar-refractivity contribution in [1.82, 2.24) is 5.32 Å². The molecule has 0 aromatic heterocycles. The van der Waals surface area contributed by atoms with Gasteiger partial charge in [-0.15, -0.1) is 0 Å². The number of halogens is 1. The molecule has 1 aromatic rings. The third kappa shape index (κ3) is 5.84. The summed E-state index contributed by atoms with van der Waals surface area (Å²) in [5, 5.41) is 4.31. The van der Waals surface area contributed by atoms with Gasteiger partial charge in [-0.2, -0.15) is 0 Å². The van der Waals surface area contributed by atoms with Crippen LogP contribution in [0.25, 0.3) is 0 Å². The first-order valence-corrected chi connectivity index (χ1v) is 7.50. The maximum atomic E-state index is 6.06. The molecular weight excluding hydrogens is 258 g/mol. The van der Waals surface area contributed by atoms with Crippen LogP contribution >= 0.6 is 11.6 Å². The molecule has 0 aliphatic rings. The van der Waals surface area contributed by atoms with E-state index in [0.29, 0.717) is 12.0 Å². The van der Waals surface area contributed by atoms with Gasteiger partial charge in [-0.05, 0) is 62.4 Å². The van der Waals surface area contributed by atoms with Crippen molar-refractivity contribution in [2.75, 3.05) is 13.7 Å². The van der Waals surface area contributed by atoms with E-state index in [-0.39, 0.29) is 0 Å². The van der Waals surface area contributed by atoms with Gasteiger partial charge in [0.25, 0.3) is 0 Å². The van der Waals surface area contributed by atoms with E-state index in [1.54, 1.807) is 7.11 Å². The Bertz CT molecular complexity index is 381. The van der Waals surface area contributed by atoms with Crippen LogP contribution in [-0.2, 0) is 6.42 Å². The SMILES string of the molecule is CCCNC(C)CC(C)Cc1cc(Cl)ccc1OC. The Kier molecular flexibility index (Phi) is 7.25. The van der Waals surface area contributed by atoms with E-state index in [2.05, 4.69) is 26.1 Å². The molecule has 108 valence electrons. The molecule has 0 aliphatic heterocycles. The van der Waals surface area contributed by atoms with Gasteiger partial charge in [-0.3, -0.25) is 0 Å². The standard InChI is InChI=1S/C16H26ClNO/c1-5-8-18-13(3)9-12(2)10-14-11-15(17)6-7-16(14)19-4/h6-7,11-13,18H,5,8-10H2,1-4H3. The lowest BCUT2D eigenvalue weighted by atomic mass is 9.94. The van der Waals surface area contributed by atoms with Crippen molar-refractivity contribution in [3.05, 3.63) is 28.8 Å². The molecule has 2 unspecified atom stereocenters. The van der Waals surface area contributed by atoms with Crippen LogP contribution in [0.3, 0.4) is 0 Å². The lowest BCUT2D eigenvalue weighted by Gasteiger charge is -2.19. The molecule has 19 heavy (non-hydrogen) atoms. The van der Waals surface area contributed by atoms with Gasteiger partial charge in [0.05, 0.1) is 7.11 Å². The van der Waals surface area contributed by atoms with Crippen LogP contribution in [0.1, 0.15) is 39.2 Å². The number of benzene rings is 1. The van der Waals surface area contributed by atoms with Gasteiger partial charge >= 0.3 is 0 Å². The van der Waals surface area contributed by atoms with Crippen molar-refractivity contribution < 1.29 is 4.74 Å². The van der Waals surface area contributed by atoms with Crippen LogP contribution in [-0.4, -0.2) is 19.7 Å². The smallest absolute Gasteiger partial charge is 0.122 e. The summed E-state index contributed by atoms with van der Waals surface area (Å²) in [6.07, 6.45) is 3.35. The van der Waals surface area contributed by atoms with Crippen LogP contribution in [0.4, 0.5) is 0 Å². The largest absolute Gasteiger partial charge is 0.496 e. The van der Waals surface area contributed by atoms with Gasteiger partial charge in [0, 0.05) is 11.1 Å². The summed E-state index contributed by atoms with van der Waals surface area (Å²) in [6, 6.07) is 6.39. The van der Waals surface area contributed by atoms with E-state index in [1.807, 2.05) is 18.2 Å². The first-order valence-electron chi connectivity index (χ1n) is 7.12. The Morgan fingerprint density at radius 1 is 1.32 bits per heavy atom. The maximum absolute atomic E-state index is 6.06. The molecule has 0 aliphatic carbocycles. The number of rotatable bonds is 8. The van der Waals surface area contributed by atoms with Crippen LogP contribution in [0.5, 0.6) is 5.75 Å². The summed E-state index contributed by atoms with van der Waals surface area (Å²) in [7, 11) is 1.71. The van der Waals surface area contributed by atoms with E-state index >= 15 is 0 Å². The van der Waals surface area contributed by atoms with Gasteiger partial charge in [-0.25, -0.2) is 0 Å². The van der Waals surface area contributed by atoms with Crippen LogP contribution in [0, 0.1) is 5.92 Å². The van der Waals surface area contributed by atoms with Gasteiger partial charge in [0.15, 0.2) is 0 Å². The average molecular weight is 284 g/mol. The molecule has 0 radical (unpaired) electrons. The highest BCUT2D eigenvalue weighted by Crippen LogP contribution is 2.26. The van der Waals surface area contributed by atoms with Crippen LogP contribution in [0.15, 0.2) is 18.2 Å². The molecule has 0 bridgehead atoms. The van der Waals surface area contributed by atoms with E-state index in [9.17, 15) is 0 Å². The van der Waals surface area contributed by atoms with E-state index in [4.69, 9.17) is 16.3 Å². The second kappa shape index (κ2) is 8.44. The molecule has 2 atom stereocenters. The first kappa shape index (κ1) is 16.3. The molecule has 0 amide bonds. The lowest BCUT2D eigenvalue weighted by Crippen LogP contribution is -2.28. The number of nitrogens with one attached hydrogen (secondary N) is 1. The molecule has 3 heteroatoms. The highest BCUT2D eigenvalue weighted by atomic mass is 35.5. The van der Waals surface area contributed by atoms with Crippen molar-refractivity contribution in [3.63, 3.8) is 0 Å². The topological polar surface area (TPSA) is 21.3 Å². The van der Waals surface area contributed by atoms with Gasteiger partial charge in [0.2, 0.25) is 0 Å². The normalized spacial score (nSPS) is 14.2. The summed E-state index contributed by atoms with van der Waals surface area (Å²) >= 11 is 6.06. The van der Waals surface area contributed by atoms with E-state index in [0.717, 1.165) is 30.2 Å². The Labute approximate surface area is 122 Å². The fraction of sp³-hybridized carbons (Fsp3) is 0.625. The lowest BCUT2D eigenvalue weighted by molar-refractivity contribution is 0.392. The van der Waals surface area contributed by atoms with E-state index in [1.165, 1.54) is 12.0 Å². The molecular formula is C16H26ClNO. The van der Waals surface area contributed by atoms with E-state index < -0.39 is 0 Å². The van der Waals surface area contributed by atoms with Crippen molar-refractivity contribution in [1.29, 1.82) is 0 Å². The molecule has 0 heterocycles. The quantitative estimate of drug-likeness (QED) is 0.768. The zero-order valence-electron chi connectivity index (χ0n) is 12.5. The molecule has 1 rings (SSSR count). The van der Waals surface area contributed by atoms with Gasteiger partial charge in [-0.1, -0.05) is 25.4 Å². The van der Waals surface area contributed by atoms with Crippen LogP contribution in [0.2, 0.25) is 5.02 Å². The predicted octanol–water partition coefficient (Wildman–Crippen LogP) is 4.31. The summed E-state index contributed by atoms with van der Waals surface area (Å²) in [6.45, 7) is 7.82. The van der Waals surface area contributed by atoms with Gasteiger partial charge < -0.3 is 10.1 Å². The minimum Gasteiger partial charge on any atom is -0.496 e. The highest BCUT2D eigenvalue weighted by molar-refractivity contribution is 6.30. The summed E-state index contributed by atoms with van der Waals surface area (Å²) in [5.41, 5.74) is 1.20. The molecule has 2 nitrogen and oxygen atoms in total. The minimum absolute atomic E-state index is 0.556. The number of ether oxygens (including phenoxy) is 1. The summed E-state index contributed by atoms with van der Waals surface area (Å²) < 4.78 is 5.40. The Hall–Kier alpha value is -0.730. The number of hydrogen-bond donors (Lipinski definition) is 1. The highest BCUT2D eigenvalue weighted by Gasteiger charge is 2.12. The molecule has 0 saturated heterocycles. The van der Waals surface area contributed by atoms with Crippen molar-refractivity contribution >= 4 is 11.6 Å². The third-order valence-electron chi connectivity index (χ3n) is 3.31. The fourth-order valence-corrected chi connectivity index (χ4v) is 2.64. The molecule has 1 aromatic carbocycles. The predicted molar refractivity (Wildman–Crippen MR) is 83.2 cm³/mol. The number of methoxy groups -OCH3 is 1. The van der Waals surface area contributed by atoms with Crippen LogP contribution < -0.4 is 10.1 Å². The Balaban J connectivity index is 2.56. The first-order chi connectivity index (χ1) is 9.06. The maximum Gasteiger partial charge on any atom is 0.122 e. The Morgan fingerprint density at radius 3 is 2.68 bits per heavy atom. The second-order valence-electron chi connectivity index (χ2n) is 5.36. The zero-order chi connectivity index (χ0) is 14.3. The summed E-state index contributed by atoms with van der Waals surface area (Å²) in [5.74, 6) is 1.54. The fourth-order valence-electron chi connectivity index (χ4n) is 2.44. The molecule has 0 fully saturated rings. The molecule has 0 saturated carbocycles. The monoisotopic (exact) mass is 283 g/mol. The summed E-state index contributed by atoms with van der Waals surface area (Å²) in [4.78, 5) is 0. The number of hydrogen-bond acceptors (Lipinski definition) is 2. The average Bonchev–Trinajstić information content (AvgIpc) is 2.36. The molecule has 1 N–H and O–H groups in total. The molecule has 0 spiro atoms. The third-order valence-corrected chi connectivity index (χ3v) is 3.54.